The van der Waals surface area contributed by atoms with Crippen LogP contribution in [0.3, 0.4) is 0 Å². The zero-order valence-electron chi connectivity index (χ0n) is 14.3. The molecule has 3 atom stereocenters. The first-order valence-corrected chi connectivity index (χ1v) is 8.93. The minimum absolute atomic E-state index is 0.110. The highest BCUT2D eigenvalue weighted by Gasteiger charge is 2.31. The molecule has 1 aromatic carbocycles. The van der Waals surface area contributed by atoms with E-state index in [9.17, 15) is 4.79 Å². The Morgan fingerprint density at radius 1 is 1.30 bits per heavy atom. The molecule has 1 aromatic rings. The molecule has 126 valence electrons. The highest BCUT2D eigenvalue weighted by atomic mass is 16.5. The Morgan fingerprint density at radius 2 is 2.09 bits per heavy atom. The van der Waals surface area contributed by atoms with Gasteiger partial charge in [-0.3, -0.25) is 4.79 Å². The molecule has 2 fully saturated rings. The van der Waals surface area contributed by atoms with Crippen molar-refractivity contribution in [3.05, 3.63) is 29.8 Å². The van der Waals surface area contributed by atoms with Crippen LogP contribution in [0.5, 0.6) is 5.75 Å². The van der Waals surface area contributed by atoms with Crippen LogP contribution < -0.4 is 10.1 Å². The molecule has 2 aliphatic heterocycles. The van der Waals surface area contributed by atoms with E-state index in [-0.39, 0.29) is 12.5 Å². The summed E-state index contributed by atoms with van der Waals surface area (Å²) in [6.45, 7) is 6.19. The third-order valence-corrected chi connectivity index (χ3v) is 5.29. The van der Waals surface area contributed by atoms with Gasteiger partial charge in [-0.05, 0) is 43.2 Å². The van der Waals surface area contributed by atoms with E-state index in [1.54, 1.807) is 0 Å². The van der Waals surface area contributed by atoms with Gasteiger partial charge in [0.15, 0.2) is 6.61 Å². The zero-order valence-corrected chi connectivity index (χ0v) is 14.3. The summed E-state index contributed by atoms with van der Waals surface area (Å²) < 4.78 is 5.88. The number of carbonyl (C=O) groups excluding carboxylic acids is 1. The Bertz CT molecular complexity index is 546. The molecule has 0 radical (unpaired) electrons. The van der Waals surface area contributed by atoms with Crippen LogP contribution >= 0.6 is 0 Å². The molecule has 2 saturated heterocycles. The van der Waals surface area contributed by atoms with Crippen molar-refractivity contribution in [2.24, 2.45) is 0 Å². The molecule has 0 saturated carbocycles. The molecule has 4 heteroatoms. The van der Waals surface area contributed by atoms with Crippen molar-refractivity contribution in [1.82, 2.24) is 10.2 Å². The normalized spacial score (nSPS) is 25.0. The lowest BCUT2D eigenvalue weighted by Gasteiger charge is -2.24. The second-order valence-electron chi connectivity index (χ2n) is 6.90. The monoisotopic (exact) mass is 316 g/mol. The Kier molecular flexibility index (Phi) is 5.21. The fourth-order valence-electron chi connectivity index (χ4n) is 3.64. The van der Waals surface area contributed by atoms with Crippen LogP contribution in [0, 0.1) is 0 Å². The molecule has 1 N–H and O–H groups in total. The number of amides is 1. The molecule has 3 unspecified atom stereocenters. The van der Waals surface area contributed by atoms with Gasteiger partial charge >= 0.3 is 0 Å². The standard InChI is InChI=1S/C19H28N2O2/c1-3-14(2)17-6-4-5-7-18(17)23-13-19(22)21-11-10-15-8-9-16(12-21)20-15/h4-7,14-16,20H,3,8-13H2,1-2H3. The molecule has 2 bridgehead atoms. The van der Waals surface area contributed by atoms with Gasteiger partial charge in [-0.1, -0.05) is 32.0 Å². The Hall–Kier alpha value is -1.55. The molecule has 23 heavy (non-hydrogen) atoms. The molecule has 4 nitrogen and oxygen atoms in total. The highest BCUT2D eigenvalue weighted by molar-refractivity contribution is 5.78. The minimum atomic E-state index is 0.110. The number of nitrogens with zero attached hydrogens (tertiary/aromatic N) is 1. The van der Waals surface area contributed by atoms with E-state index in [4.69, 9.17) is 4.74 Å². The summed E-state index contributed by atoms with van der Waals surface area (Å²) in [5.74, 6) is 1.40. The fraction of sp³-hybridized carbons (Fsp3) is 0.632. The van der Waals surface area contributed by atoms with Gasteiger partial charge in [-0.2, -0.15) is 0 Å². The fourth-order valence-corrected chi connectivity index (χ4v) is 3.64. The average Bonchev–Trinajstić information content (AvgIpc) is 2.91. The summed E-state index contributed by atoms with van der Waals surface area (Å²) in [4.78, 5) is 14.5. The highest BCUT2D eigenvalue weighted by Crippen LogP contribution is 2.28. The number of hydrogen-bond donors (Lipinski definition) is 1. The summed E-state index contributed by atoms with van der Waals surface area (Å²) in [6, 6.07) is 9.15. The van der Waals surface area contributed by atoms with Crippen molar-refractivity contribution >= 4 is 5.91 Å². The molecule has 0 aliphatic carbocycles. The first-order chi connectivity index (χ1) is 11.2. The smallest absolute Gasteiger partial charge is 0.260 e. The molecular formula is C19H28N2O2. The average molecular weight is 316 g/mol. The van der Waals surface area contributed by atoms with Crippen molar-refractivity contribution in [3.63, 3.8) is 0 Å². The predicted molar refractivity (Wildman–Crippen MR) is 91.8 cm³/mol. The van der Waals surface area contributed by atoms with Crippen molar-refractivity contribution < 1.29 is 9.53 Å². The summed E-state index contributed by atoms with van der Waals surface area (Å²) in [5, 5.41) is 3.61. The third-order valence-electron chi connectivity index (χ3n) is 5.29. The number of fused-ring (bicyclic) bond motifs is 2. The Labute approximate surface area is 139 Å². The molecule has 3 rings (SSSR count). The number of hydrogen-bond acceptors (Lipinski definition) is 3. The maximum absolute atomic E-state index is 12.5. The maximum atomic E-state index is 12.5. The number of rotatable bonds is 5. The number of benzene rings is 1. The quantitative estimate of drug-likeness (QED) is 0.908. The SMILES string of the molecule is CCC(C)c1ccccc1OCC(=O)N1CCC2CCC(C1)N2. The second-order valence-corrected chi connectivity index (χ2v) is 6.90. The van der Waals surface area contributed by atoms with Crippen molar-refractivity contribution in [3.8, 4) is 5.75 Å². The minimum Gasteiger partial charge on any atom is -0.483 e. The van der Waals surface area contributed by atoms with Crippen LogP contribution in [0.25, 0.3) is 0 Å². The summed E-state index contributed by atoms with van der Waals surface area (Å²) in [6.07, 6.45) is 4.57. The van der Waals surface area contributed by atoms with E-state index in [2.05, 4.69) is 25.2 Å². The van der Waals surface area contributed by atoms with Gasteiger partial charge in [0.2, 0.25) is 0 Å². The summed E-state index contributed by atoms with van der Waals surface area (Å²) in [5.41, 5.74) is 1.19. The van der Waals surface area contributed by atoms with E-state index in [0.29, 0.717) is 18.0 Å². The lowest BCUT2D eigenvalue weighted by atomic mass is 9.98. The zero-order chi connectivity index (χ0) is 16.2. The van der Waals surface area contributed by atoms with E-state index >= 15 is 0 Å². The van der Waals surface area contributed by atoms with Crippen LogP contribution in [0.1, 0.15) is 51.0 Å². The van der Waals surface area contributed by atoms with Crippen LogP contribution in [-0.2, 0) is 4.79 Å². The Balaban J connectivity index is 1.59. The molecule has 2 aliphatic rings. The molecule has 0 aromatic heterocycles. The third kappa shape index (κ3) is 3.86. The van der Waals surface area contributed by atoms with E-state index in [1.165, 1.54) is 18.4 Å². The van der Waals surface area contributed by atoms with Gasteiger partial charge in [-0.15, -0.1) is 0 Å². The van der Waals surface area contributed by atoms with Gasteiger partial charge in [0.05, 0.1) is 0 Å². The molecule has 2 heterocycles. The van der Waals surface area contributed by atoms with Gasteiger partial charge < -0.3 is 15.0 Å². The van der Waals surface area contributed by atoms with Gasteiger partial charge in [0, 0.05) is 25.2 Å². The molecular weight excluding hydrogens is 288 g/mol. The second kappa shape index (κ2) is 7.35. The molecule has 1 amide bonds. The Morgan fingerprint density at radius 3 is 2.91 bits per heavy atom. The van der Waals surface area contributed by atoms with Gasteiger partial charge in [-0.25, -0.2) is 0 Å². The lowest BCUT2D eigenvalue weighted by molar-refractivity contribution is -0.133. The van der Waals surface area contributed by atoms with Crippen molar-refractivity contribution in [2.75, 3.05) is 19.7 Å². The number of para-hydroxylation sites is 1. The van der Waals surface area contributed by atoms with E-state index in [0.717, 1.165) is 31.7 Å². The number of ether oxygens (including phenoxy) is 1. The number of likely N-dealkylation sites (tertiary alicyclic amines) is 1. The van der Waals surface area contributed by atoms with Crippen LogP contribution in [0.4, 0.5) is 0 Å². The van der Waals surface area contributed by atoms with Crippen LogP contribution in [0.15, 0.2) is 24.3 Å². The first kappa shape index (κ1) is 16.3. The van der Waals surface area contributed by atoms with Crippen LogP contribution in [-0.4, -0.2) is 42.6 Å². The van der Waals surface area contributed by atoms with Crippen LogP contribution in [0.2, 0.25) is 0 Å². The molecule has 0 spiro atoms. The van der Waals surface area contributed by atoms with Gasteiger partial charge in [0.1, 0.15) is 5.75 Å². The van der Waals surface area contributed by atoms with Crippen molar-refractivity contribution in [1.29, 1.82) is 0 Å². The summed E-state index contributed by atoms with van der Waals surface area (Å²) in [7, 11) is 0. The van der Waals surface area contributed by atoms with Gasteiger partial charge in [0.25, 0.3) is 5.91 Å². The maximum Gasteiger partial charge on any atom is 0.260 e. The largest absolute Gasteiger partial charge is 0.483 e. The van der Waals surface area contributed by atoms with Crippen molar-refractivity contribution in [2.45, 2.75) is 57.5 Å². The lowest BCUT2D eigenvalue weighted by Crippen LogP contribution is -2.41. The van der Waals surface area contributed by atoms with E-state index < -0.39 is 0 Å². The topological polar surface area (TPSA) is 41.6 Å². The predicted octanol–water partition coefficient (Wildman–Crippen LogP) is 2.93. The number of carbonyl (C=O) groups is 1. The summed E-state index contributed by atoms with van der Waals surface area (Å²) >= 11 is 0. The first-order valence-electron chi connectivity index (χ1n) is 8.93. The number of nitrogens with one attached hydrogen (secondary N) is 1. The van der Waals surface area contributed by atoms with E-state index in [1.807, 2.05) is 23.1 Å².